The molecule has 0 fully saturated rings. The minimum Gasteiger partial charge on any atom is -0.306 e. The van der Waals surface area contributed by atoms with Gasteiger partial charge in [0.05, 0.1) is 13.6 Å². The molecule has 1 N–H and O–H groups in total. The predicted octanol–water partition coefficient (Wildman–Crippen LogP) is 6.27. The Morgan fingerprint density at radius 1 is 1.14 bits per heavy atom. The lowest BCUT2D eigenvalue weighted by molar-refractivity contribution is 0.587. The van der Waals surface area contributed by atoms with Crippen LogP contribution in [0.15, 0.2) is 37.9 Å². The topological polar surface area (TPSA) is 12.0 Å². The maximum absolute atomic E-state index is 3.68. The number of hydrogen-bond donors (Lipinski definition) is 1. The van der Waals surface area contributed by atoms with Crippen LogP contribution < -0.4 is 5.32 Å². The first-order valence-electron chi connectivity index (χ1n) is 7.11. The van der Waals surface area contributed by atoms with Crippen molar-refractivity contribution in [1.29, 1.82) is 0 Å². The second-order valence-electron chi connectivity index (χ2n) is 6.14. The Balaban J connectivity index is 2.37. The number of benzene rings is 1. The molecule has 114 valence electrons. The summed E-state index contributed by atoms with van der Waals surface area (Å²) in [6.07, 6.45) is 0. The largest absolute Gasteiger partial charge is 0.306 e. The number of hydrogen-bond acceptors (Lipinski definition) is 2. The molecule has 0 aliphatic rings. The fourth-order valence-corrected chi connectivity index (χ4v) is 5.24. The van der Waals surface area contributed by atoms with E-state index in [4.69, 9.17) is 0 Å². The van der Waals surface area contributed by atoms with Crippen molar-refractivity contribution in [3.63, 3.8) is 0 Å². The van der Waals surface area contributed by atoms with Crippen LogP contribution in [-0.4, -0.2) is 6.54 Å². The first-order chi connectivity index (χ1) is 9.82. The standard InChI is InChI=1S/C17H21Br2NS/c1-5-20-15(13-10-14(18)21-16(13)19)11-6-8-12(9-7-11)17(2,3)4/h6-10,15,20H,5H2,1-4H3. The summed E-state index contributed by atoms with van der Waals surface area (Å²) in [4.78, 5) is 0. The molecule has 0 aliphatic carbocycles. The molecule has 21 heavy (non-hydrogen) atoms. The van der Waals surface area contributed by atoms with Gasteiger partial charge in [0.2, 0.25) is 0 Å². The molecule has 1 aromatic carbocycles. The summed E-state index contributed by atoms with van der Waals surface area (Å²) in [6.45, 7) is 9.82. The van der Waals surface area contributed by atoms with Gasteiger partial charge in [-0.3, -0.25) is 0 Å². The first kappa shape index (κ1) is 17.2. The van der Waals surface area contributed by atoms with E-state index in [-0.39, 0.29) is 11.5 Å². The zero-order chi connectivity index (χ0) is 15.6. The molecule has 1 unspecified atom stereocenters. The van der Waals surface area contributed by atoms with Gasteiger partial charge in [0.15, 0.2) is 0 Å². The molecular weight excluding hydrogens is 410 g/mol. The SMILES string of the molecule is CCNC(c1ccc(C(C)(C)C)cc1)c1cc(Br)sc1Br. The third kappa shape index (κ3) is 4.19. The number of halogens is 2. The summed E-state index contributed by atoms with van der Waals surface area (Å²) < 4.78 is 2.33. The highest BCUT2D eigenvalue weighted by Crippen LogP contribution is 2.38. The third-order valence-corrected chi connectivity index (χ3v) is 5.90. The van der Waals surface area contributed by atoms with Crippen LogP contribution in [0.3, 0.4) is 0 Å². The van der Waals surface area contributed by atoms with E-state index < -0.39 is 0 Å². The van der Waals surface area contributed by atoms with Crippen molar-refractivity contribution in [2.75, 3.05) is 6.54 Å². The van der Waals surface area contributed by atoms with Gasteiger partial charge in [0, 0.05) is 0 Å². The Morgan fingerprint density at radius 3 is 2.19 bits per heavy atom. The van der Waals surface area contributed by atoms with E-state index >= 15 is 0 Å². The Bertz CT molecular complexity index is 596. The highest BCUT2D eigenvalue weighted by molar-refractivity contribution is 9.12. The van der Waals surface area contributed by atoms with Gasteiger partial charge in [-0.25, -0.2) is 0 Å². The molecule has 4 heteroatoms. The second-order valence-corrected chi connectivity index (χ2v) is 9.89. The van der Waals surface area contributed by atoms with Crippen molar-refractivity contribution in [3.05, 3.63) is 54.6 Å². The minimum absolute atomic E-state index is 0.193. The lowest BCUT2D eigenvalue weighted by Crippen LogP contribution is -2.22. The van der Waals surface area contributed by atoms with Crippen LogP contribution >= 0.6 is 43.2 Å². The summed E-state index contributed by atoms with van der Waals surface area (Å²) in [6, 6.07) is 11.4. The van der Waals surface area contributed by atoms with Crippen molar-refractivity contribution in [2.24, 2.45) is 0 Å². The molecule has 0 radical (unpaired) electrons. The fraction of sp³-hybridized carbons (Fsp3) is 0.412. The van der Waals surface area contributed by atoms with Crippen molar-refractivity contribution in [2.45, 2.75) is 39.2 Å². The van der Waals surface area contributed by atoms with Gasteiger partial charge in [-0.15, -0.1) is 11.3 Å². The second kappa shape index (κ2) is 6.95. The van der Waals surface area contributed by atoms with Crippen LogP contribution in [-0.2, 0) is 5.41 Å². The number of rotatable bonds is 4. The predicted molar refractivity (Wildman–Crippen MR) is 100 cm³/mol. The Kier molecular flexibility index (Phi) is 5.69. The van der Waals surface area contributed by atoms with E-state index in [9.17, 15) is 0 Å². The van der Waals surface area contributed by atoms with Gasteiger partial charge in [-0.05, 0) is 66.6 Å². The molecule has 0 bridgehead atoms. The quantitative estimate of drug-likeness (QED) is 0.602. The van der Waals surface area contributed by atoms with Crippen LogP contribution in [0.1, 0.15) is 50.4 Å². The highest BCUT2D eigenvalue weighted by atomic mass is 79.9. The van der Waals surface area contributed by atoms with Gasteiger partial charge in [0.25, 0.3) is 0 Å². The summed E-state index contributed by atoms with van der Waals surface area (Å²) >= 11 is 8.97. The Labute approximate surface area is 148 Å². The summed E-state index contributed by atoms with van der Waals surface area (Å²) in [7, 11) is 0. The molecule has 0 amide bonds. The van der Waals surface area contributed by atoms with E-state index in [1.165, 1.54) is 20.5 Å². The van der Waals surface area contributed by atoms with Crippen molar-refractivity contribution >= 4 is 43.2 Å². The molecule has 2 rings (SSSR count). The molecule has 0 saturated carbocycles. The molecule has 1 atom stereocenters. The maximum Gasteiger partial charge on any atom is 0.0761 e. The Hall–Kier alpha value is -0.160. The van der Waals surface area contributed by atoms with E-state index in [0.29, 0.717) is 0 Å². The molecule has 0 spiro atoms. The van der Waals surface area contributed by atoms with Crippen LogP contribution in [0.2, 0.25) is 0 Å². The summed E-state index contributed by atoms with van der Waals surface area (Å²) in [5.74, 6) is 0. The zero-order valence-electron chi connectivity index (χ0n) is 12.8. The minimum atomic E-state index is 0.193. The van der Waals surface area contributed by atoms with Crippen molar-refractivity contribution < 1.29 is 0 Å². The maximum atomic E-state index is 3.68. The van der Waals surface area contributed by atoms with Crippen molar-refractivity contribution in [1.82, 2.24) is 5.32 Å². The zero-order valence-corrected chi connectivity index (χ0v) is 16.8. The van der Waals surface area contributed by atoms with Gasteiger partial charge < -0.3 is 5.32 Å². The molecule has 1 heterocycles. The van der Waals surface area contributed by atoms with Gasteiger partial charge in [0.1, 0.15) is 0 Å². The van der Waals surface area contributed by atoms with Crippen LogP contribution in [0.5, 0.6) is 0 Å². The monoisotopic (exact) mass is 429 g/mol. The summed E-state index contributed by atoms with van der Waals surface area (Å²) in [5, 5.41) is 3.58. The Morgan fingerprint density at radius 2 is 1.76 bits per heavy atom. The van der Waals surface area contributed by atoms with E-state index in [2.05, 4.69) is 95.2 Å². The first-order valence-corrected chi connectivity index (χ1v) is 9.51. The van der Waals surface area contributed by atoms with E-state index in [1.54, 1.807) is 11.3 Å². The van der Waals surface area contributed by atoms with Gasteiger partial charge in [-0.1, -0.05) is 52.0 Å². The van der Waals surface area contributed by atoms with Gasteiger partial charge >= 0.3 is 0 Å². The molecule has 2 aromatic rings. The lowest BCUT2D eigenvalue weighted by atomic mass is 9.86. The fourth-order valence-electron chi connectivity index (χ4n) is 2.34. The number of nitrogens with one attached hydrogen (secondary N) is 1. The van der Waals surface area contributed by atoms with E-state index in [0.717, 1.165) is 10.3 Å². The highest BCUT2D eigenvalue weighted by Gasteiger charge is 2.19. The normalized spacial score (nSPS) is 13.4. The smallest absolute Gasteiger partial charge is 0.0761 e. The van der Waals surface area contributed by atoms with E-state index in [1.807, 2.05) is 0 Å². The average Bonchev–Trinajstić information content (AvgIpc) is 2.74. The van der Waals surface area contributed by atoms with Gasteiger partial charge in [-0.2, -0.15) is 0 Å². The third-order valence-electron chi connectivity index (χ3n) is 3.51. The van der Waals surface area contributed by atoms with Crippen LogP contribution in [0, 0.1) is 0 Å². The molecule has 1 nitrogen and oxygen atoms in total. The molecular formula is C17H21Br2NS. The van der Waals surface area contributed by atoms with Crippen LogP contribution in [0.4, 0.5) is 0 Å². The summed E-state index contributed by atoms with van der Waals surface area (Å²) in [5.41, 5.74) is 4.15. The van der Waals surface area contributed by atoms with Crippen LogP contribution in [0.25, 0.3) is 0 Å². The molecule has 0 aliphatic heterocycles. The lowest BCUT2D eigenvalue weighted by Gasteiger charge is -2.22. The molecule has 1 aromatic heterocycles. The average molecular weight is 431 g/mol. The number of thiophene rings is 1. The molecule has 0 saturated heterocycles. The van der Waals surface area contributed by atoms with Crippen molar-refractivity contribution in [3.8, 4) is 0 Å².